The van der Waals surface area contributed by atoms with Crippen LogP contribution in [-0.4, -0.2) is 0 Å². The third-order valence-electron chi connectivity index (χ3n) is 7.30. The van der Waals surface area contributed by atoms with Gasteiger partial charge in [0.1, 0.15) is 0 Å². The van der Waals surface area contributed by atoms with Crippen LogP contribution < -0.4 is 0 Å². The van der Waals surface area contributed by atoms with Gasteiger partial charge in [-0.2, -0.15) is 0 Å². The molecular formula is C22H42. The fraction of sp³-hybridized carbons (Fsp3) is 1.00. The van der Waals surface area contributed by atoms with Gasteiger partial charge in [-0.1, -0.05) is 79.1 Å². The van der Waals surface area contributed by atoms with Gasteiger partial charge >= 0.3 is 0 Å². The molecule has 0 saturated heterocycles. The van der Waals surface area contributed by atoms with E-state index in [2.05, 4.69) is 27.7 Å². The molecule has 2 aliphatic rings. The first-order valence-corrected chi connectivity index (χ1v) is 10.7. The van der Waals surface area contributed by atoms with Crippen LogP contribution in [0.2, 0.25) is 0 Å². The van der Waals surface area contributed by atoms with E-state index in [-0.39, 0.29) is 0 Å². The lowest BCUT2D eigenvalue weighted by atomic mass is 9.59. The van der Waals surface area contributed by atoms with Gasteiger partial charge in [0.15, 0.2) is 0 Å². The van der Waals surface area contributed by atoms with Crippen molar-refractivity contribution in [1.82, 2.24) is 0 Å². The van der Waals surface area contributed by atoms with Crippen LogP contribution in [0.4, 0.5) is 0 Å². The minimum Gasteiger partial charge on any atom is -0.0654 e. The third kappa shape index (κ3) is 5.00. The smallest absolute Gasteiger partial charge is 0.0360 e. The Morgan fingerprint density at radius 1 is 0.864 bits per heavy atom. The van der Waals surface area contributed by atoms with E-state index in [4.69, 9.17) is 0 Å². The lowest BCUT2D eigenvalue weighted by Crippen LogP contribution is -2.37. The lowest BCUT2D eigenvalue weighted by molar-refractivity contribution is 0.0371. The molecule has 2 aliphatic carbocycles. The molecule has 6 unspecified atom stereocenters. The van der Waals surface area contributed by atoms with E-state index < -0.39 is 0 Å². The van der Waals surface area contributed by atoms with Crippen LogP contribution in [-0.2, 0) is 0 Å². The molecule has 0 bridgehead atoms. The maximum Gasteiger partial charge on any atom is -0.0360 e. The molecule has 0 nitrogen and oxygen atoms in total. The summed E-state index contributed by atoms with van der Waals surface area (Å²) in [5, 5.41) is 0. The Kier molecular flexibility index (Phi) is 7.78. The molecule has 2 rings (SSSR count). The molecule has 0 N–H and O–H groups in total. The van der Waals surface area contributed by atoms with E-state index in [1.807, 2.05) is 0 Å². The Bertz CT molecular complexity index is 294. The maximum atomic E-state index is 2.57. The molecule has 0 aromatic rings. The summed E-state index contributed by atoms with van der Waals surface area (Å²) in [4.78, 5) is 0. The van der Waals surface area contributed by atoms with Gasteiger partial charge in [0.2, 0.25) is 0 Å². The van der Waals surface area contributed by atoms with Crippen molar-refractivity contribution < 1.29 is 0 Å². The second-order valence-electron chi connectivity index (χ2n) is 8.90. The minimum atomic E-state index is 0.974. The highest BCUT2D eigenvalue weighted by Gasteiger charge is 2.39. The first-order valence-electron chi connectivity index (χ1n) is 10.7. The average Bonchev–Trinajstić information content (AvgIpc) is 2.53. The maximum absolute atomic E-state index is 2.57. The van der Waals surface area contributed by atoms with Gasteiger partial charge in [0.25, 0.3) is 0 Å². The number of unbranched alkanes of at least 4 members (excludes halogenated alkanes) is 4. The summed E-state index contributed by atoms with van der Waals surface area (Å²) >= 11 is 0. The van der Waals surface area contributed by atoms with Crippen LogP contribution in [0.15, 0.2) is 0 Å². The molecule has 0 radical (unpaired) electrons. The topological polar surface area (TPSA) is 0 Å². The normalized spacial score (nSPS) is 36.8. The number of fused-ring (bicyclic) bond motifs is 1. The van der Waals surface area contributed by atoms with Crippen molar-refractivity contribution in [2.24, 2.45) is 35.5 Å². The highest BCUT2D eigenvalue weighted by atomic mass is 14.4. The van der Waals surface area contributed by atoms with Gasteiger partial charge in [0, 0.05) is 0 Å². The van der Waals surface area contributed by atoms with Gasteiger partial charge in [-0.05, 0) is 61.2 Å². The molecule has 2 saturated carbocycles. The van der Waals surface area contributed by atoms with Crippen LogP contribution in [0, 0.1) is 35.5 Å². The monoisotopic (exact) mass is 306 g/mol. The Balaban J connectivity index is 1.75. The van der Waals surface area contributed by atoms with Crippen LogP contribution in [0.25, 0.3) is 0 Å². The fourth-order valence-electron chi connectivity index (χ4n) is 5.71. The molecule has 0 amide bonds. The van der Waals surface area contributed by atoms with Crippen molar-refractivity contribution in [1.29, 1.82) is 0 Å². The Morgan fingerprint density at radius 2 is 1.64 bits per heavy atom. The lowest BCUT2D eigenvalue weighted by Gasteiger charge is -2.47. The largest absolute Gasteiger partial charge is 0.0654 e. The first-order chi connectivity index (χ1) is 10.7. The summed E-state index contributed by atoms with van der Waals surface area (Å²) in [5.41, 5.74) is 0. The Morgan fingerprint density at radius 3 is 2.36 bits per heavy atom. The van der Waals surface area contributed by atoms with E-state index in [0.29, 0.717) is 0 Å². The van der Waals surface area contributed by atoms with Gasteiger partial charge in [-0.3, -0.25) is 0 Å². The van der Waals surface area contributed by atoms with Crippen LogP contribution in [0.5, 0.6) is 0 Å². The molecule has 0 spiro atoms. The zero-order valence-corrected chi connectivity index (χ0v) is 15.9. The number of rotatable bonds is 8. The van der Waals surface area contributed by atoms with E-state index in [0.717, 1.165) is 35.5 Å². The van der Waals surface area contributed by atoms with E-state index in [1.54, 1.807) is 25.7 Å². The van der Waals surface area contributed by atoms with Crippen LogP contribution in [0.3, 0.4) is 0 Å². The van der Waals surface area contributed by atoms with Crippen molar-refractivity contribution in [3.63, 3.8) is 0 Å². The van der Waals surface area contributed by atoms with Gasteiger partial charge in [0.05, 0.1) is 0 Å². The summed E-state index contributed by atoms with van der Waals surface area (Å²) in [6.07, 6.45) is 17.9. The standard InChI is InChI=1S/C22H42/c1-5-7-8-9-10-11-17(3)22-16-20-13-12-19(6-2)15-21(20)14-18(22)4/h17-22H,5-16H2,1-4H3. The third-order valence-corrected chi connectivity index (χ3v) is 7.30. The molecule has 0 aromatic heterocycles. The van der Waals surface area contributed by atoms with Crippen molar-refractivity contribution in [2.45, 2.75) is 105 Å². The zero-order valence-electron chi connectivity index (χ0n) is 15.9. The quantitative estimate of drug-likeness (QED) is 0.408. The van der Waals surface area contributed by atoms with Gasteiger partial charge < -0.3 is 0 Å². The summed E-state index contributed by atoms with van der Waals surface area (Å²) in [5.74, 6) is 6.23. The summed E-state index contributed by atoms with van der Waals surface area (Å²) < 4.78 is 0. The van der Waals surface area contributed by atoms with Crippen molar-refractivity contribution in [3.8, 4) is 0 Å². The number of hydrogen-bond donors (Lipinski definition) is 0. The predicted octanol–water partition coefficient (Wildman–Crippen LogP) is 7.47. The van der Waals surface area contributed by atoms with Gasteiger partial charge in [-0.15, -0.1) is 0 Å². The van der Waals surface area contributed by atoms with Gasteiger partial charge in [-0.25, -0.2) is 0 Å². The second-order valence-corrected chi connectivity index (χ2v) is 8.90. The Hall–Kier alpha value is 0. The summed E-state index contributed by atoms with van der Waals surface area (Å²) in [6.45, 7) is 9.86. The fourth-order valence-corrected chi connectivity index (χ4v) is 5.71. The highest BCUT2D eigenvalue weighted by molar-refractivity contribution is 4.90. The molecule has 0 heterocycles. The first kappa shape index (κ1) is 18.3. The van der Waals surface area contributed by atoms with Crippen LogP contribution in [0.1, 0.15) is 105 Å². The van der Waals surface area contributed by atoms with Crippen molar-refractivity contribution in [3.05, 3.63) is 0 Å². The zero-order chi connectivity index (χ0) is 15.9. The molecule has 6 atom stereocenters. The molecule has 22 heavy (non-hydrogen) atoms. The summed E-state index contributed by atoms with van der Waals surface area (Å²) in [7, 11) is 0. The SMILES string of the molecule is CCCCCCCC(C)C1CC2CCC(CC)CC2CC1C. The van der Waals surface area contributed by atoms with E-state index >= 15 is 0 Å². The van der Waals surface area contributed by atoms with E-state index in [9.17, 15) is 0 Å². The second kappa shape index (κ2) is 9.33. The summed E-state index contributed by atoms with van der Waals surface area (Å²) in [6, 6.07) is 0. The highest BCUT2D eigenvalue weighted by Crippen LogP contribution is 2.49. The molecule has 2 fully saturated rings. The van der Waals surface area contributed by atoms with Crippen molar-refractivity contribution in [2.75, 3.05) is 0 Å². The average molecular weight is 307 g/mol. The Labute approximate surface area is 140 Å². The van der Waals surface area contributed by atoms with Crippen molar-refractivity contribution >= 4 is 0 Å². The van der Waals surface area contributed by atoms with E-state index in [1.165, 1.54) is 51.4 Å². The predicted molar refractivity (Wildman–Crippen MR) is 99.0 cm³/mol. The molecular weight excluding hydrogens is 264 g/mol. The molecule has 130 valence electrons. The minimum absolute atomic E-state index is 0.974. The molecule has 0 aromatic carbocycles. The van der Waals surface area contributed by atoms with Crippen LogP contribution >= 0.6 is 0 Å². The number of hydrogen-bond acceptors (Lipinski definition) is 0. The molecule has 0 heteroatoms. The molecule has 0 aliphatic heterocycles.